The van der Waals surface area contributed by atoms with Crippen LogP contribution < -0.4 is 21.3 Å². The van der Waals surface area contributed by atoms with Crippen LogP contribution in [0.5, 0.6) is 5.75 Å². The fourth-order valence-electron chi connectivity index (χ4n) is 3.26. The van der Waals surface area contributed by atoms with Crippen molar-refractivity contribution >= 4 is 52.6 Å². The van der Waals surface area contributed by atoms with E-state index in [0.717, 1.165) is 13.0 Å². The maximum atomic E-state index is 12.5. The normalized spacial score (nSPS) is 13.8. The van der Waals surface area contributed by atoms with Gasteiger partial charge in [0.1, 0.15) is 5.75 Å². The van der Waals surface area contributed by atoms with E-state index in [1.54, 1.807) is 24.3 Å². The van der Waals surface area contributed by atoms with Gasteiger partial charge in [-0.15, -0.1) is 0 Å². The number of benzene rings is 2. The highest BCUT2D eigenvalue weighted by Crippen LogP contribution is 2.36. The Morgan fingerprint density at radius 1 is 1.18 bits per heavy atom. The van der Waals surface area contributed by atoms with Crippen molar-refractivity contribution < 1.29 is 24.6 Å². The zero-order valence-corrected chi connectivity index (χ0v) is 19.4. The standard InChI is InChI=1S/C22H23Cl2N5O5/c23-13-8-15(20(33)16(24)9-13)17(10-19(31)32)29-18(30)11-27-21(34)12-3-1-4-14(7-12)28-22-25-5-2-6-26-22/h1,3-4,7-9,17,33H,2,5-6,10-11H2,(H,27,34)(H,29,30)(H,31,32)(H2,25,26,28). The van der Waals surface area contributed by atoms with Crippen LogP contribution >= 0.6 is 23.2 Å². The van der Waals surface area contributed by atoms with Crippen molar-refractivity contribution in [2.45, 2.75) is 18.9 Å². The lowest BCUT2D eigenvalue weighted by Crippen LogP contribution is -2.39. The van der Waals surface area contributed by atoms with E-state index in [4.69, 9.17) is 23.2 Å². The van der Waals surface area contributed by atoms with Crippen LogP contribution in [0.4, 0.5) is 5.69 Å². The van der Waals surface area contributed by atoms with Crippen LogP contribution in [-0.2, 0) is 9.59 Å². The summed E-state index contributed by atoms with van der Waals surface area (Å²) in [5.74, 6) is -2.14. The van der Waals surface area contributed by atoms with Crippen molar-refractivity contribution in [2.24, 2.45) is 4.99 Å². The van der Waals surface area contributed by atoms with E-state index in [9.17, 15) is 24.6 Å². The van der Waals surface area contributed by atoms with Crippen molar-refractivity contribution in [2.75, 3.05) is 25.0 Å². The molecule has 2 amide bonds. The Morgan fingerprint density at radius 2 is 1.97 bits per heavy atom. The van der Waals surface area contributed by atoms with Gasteiger partial charge in [-0.25, -0.2) is 0 Å². The molecule has 0 aromatic heterocycles. The molecule has 0 bridgehead atoms. The third-order valence-corrected chi connectivity index (χ3v) is 5.35. The van der Waals surface area contributed by atoms with Gasteiger partial charge in [0.05, 0.1) is 24.0 Å². The summed E-state index contributed by atoms with van der Waals surface area (Å²) < 4.78 is 0. The highest BCUT2D eigenvalue weighted by molar-refractivity contribution is 6.35. The summed E-state index contributed by atoms with van der Waals surface area (Å²) in [6, 6.07) is 8.17. The summed E-state index contributed by atoms with van der Waals surface area (Å²) >= 11 is 11.9. The van der Waals surface area contributed by atoms with E-state index in [0.29, 0.717) is 23.8 Å². The number of aliphatic imine (C=N–C) groups is 1. The highest BCUT2D eigenvalue weighted by atomic mass is 35.5. The molecular weight excluding hydrogens is 485 g/mol. The quantitative estimate of drug-likeness (QED) is 0.321. The lowest BCUT2D eigenvalue weighted by Gasteiger charge is -2.20. The average Bonchev–Trinajstić information content (AvgIpc) is 2.80. The number of halogens is 2. The number of carbonyl (C=O) groups is 3. The molecule has 0 saturated carbocycles. The highest BCUT2D eigenvalue weighted by Gasteiger charge is 2.23. The summed E-state index contributed by atoms with van der Waals surface area (Å²) in [5.41, 5.74) is 1.02. The van der Waals surface area contributed by atoms with E-state index in [2.05, 4.69) is 26.3 Å². The second-order valence-corrected chi connectivity index (χ2v) is 8.29. The molecule has 3 rings (SSSR count). The molecule has 10 nitrogen and oxygen atoms in total. The Kier molecular flexibility index (Phi) is 8.55. The number of carboxylic acid groups (broad SMARTS) is 1. The Balaban J connectivity index is 1.62. The number of nitrogens with zero attached hydrogens (tertiary/aromatic N) is 1. The van der Waals surface area contributed by atoms with Gasteiger partial charge in [-0.1, -0.05) is 29.3 Å². The minimum atomic E-state index is -1.22. The van der Waals surface area contributed by atoms with Crippen LogP contribution in [0.15, 0.2) is 41.4 Å². The second-order valence-electron chi connectivity index (χ2n) is 7.44. The Labute approximate surface area is 205 Å². The lowest BCUT2D eigenvalue weighted by molar-refractivity contribution is -0.137. The number of phenols is 1. The predicted octanol–water partition coefficient (Wildman–Crippen LogP) is 2.52. The maximum absolute atomic E-state index is 12.5. The van der Waals surface area contributed by atoms with Gasteiger partial charge in [0.15, 0.2) is 5.96 Å². The van der Waals surface area contributed by atoms with E-state index < -0.39 is 36.8 Å². The Morgan fingerprint density at radius 3 is 2.68 bits per heavy atom. The lowest BCUT2D eigenvalue weighted by atomic mass is 10.0. The summed E-state index contributed by atoms with van der Waals surface area (Å²) in [4.78, 5) is 40.6. The SMILES string of the molecule is O=C(O)CC(NC(=O)CNC(=O)c1cccc(NC2=NCCCN2)c1)c1cc(Cl)cc(Cl)c1O. The van der Waals surface area contributed by atoms with Gasteiger partial charge in [-0.05, 0) is 36.8 Å². The zero-order chi connectivity index (χ0) is 24.7. The van der Waals surface area contributed by atoms with Crippen molar-refractivity contribution in [3.8, 4) is 5.75 Å². The van der Waals surface area contributed by atoms with Gasteiger partial charge < -0.3 is 31.5 Å². The number of nitrogens with one attached hydrogen (secondary N) is 4. The topological polar surface area (TPSA) is 152 Å². The van der Waals surface area contributed by atoms with Crippen LogP contribution in [0, 0.1) is 0 Å². The number of phenolic OH excluding ortho intramolecular Hbond substituents is 1. The molecule has 0 fully saturated rings. The smallest absolute Gasteiger partial charge is 0.305 e. The summed E-state index contributed by atoms with van der Waals surface area (Å²) in [5, 5.41) is 30.7. The average molecular weight is 508 g/mol. The number of anilines is 1. The molecule has 34 heavy (non-hydrogen) atoms. The molecule has 0 spiro atoms. The first-order valence-electron chi connectivity index (χ1n) is 10.4. The molecule has 2 aromatic rings. The van der Waals surface area contributed by atoms with E-state index >= 15 is 0 Å². The van der Waals surface area contributed by atoms with Gasteiger partial charge in [0.2, 0.25) is 5.91 Å². The Bertz CT molecular complexity index is 1120. The van der Waals surface area contributed by atoms with Gasteiger partial charge in [-0.3, -0.25) is 19.4 Å². The number of hydrogen-bond acceptors (Lipinski definition) is 7. The first-order chi connectivity index (χ1) is 16.2. The maximum Gasteiger partial charge on any atom is 0.305 e. The first kappa shape index (κ1) is 25.1. The molecule has 0 aliphatic carbocycles. The number of amides is 2. The number of rotatable bonds is 8. The largest absolute Gasteiger partial charge is 0.506 e. The number of aliphatic carboxylic acids is 1. The summed E-state index contributed by atoms with van der Waals surface area (Å²) in [6.07, 6.45) is 0.419. The molecule has 6 N–H and O–H groups in total. The van der Waals surface area contributed by atoms with Gasteiger partial charge in [-0.2, -0.15) is 0 Å². The monoisotopic (exact) mass is 507 g/mol. The van der Waals surface area contributed by atoms with Crippen LogP contribution in [0.3, 0.4) is 0 Å². The van der Waals surface area contributed by atoms with E-state index in [-0.39, 0.29) is 21.4 Å². The third kappa shape index (κ3) is 7.00. The minimum Gasteiger partial charge on any atom is -0.506 e. The molecule has 0 saturated heterocycles. The second kappa shape index (κ2) is 11.6. The molecule has 12 heteroatoms. The number of hydrogen-bond donors (Lipinski definition) is 6. The molecule has 0 radical (unpaired) electrons. The van der Waals surface area contributed by atoms with Gasteiger partial charge >= 0.3 is 5.97 Å². The first-order valence-corrected chi connectivity index (χ1v) is 11.1. The number of carbonyl (C=O) groups excluding carboxylic acids is 2. The van der Waals surface area contributed by atoms with Gasteiger partial charge in [0, 0.05) is 34.9 Å². The van der Waals surface area contributed by atoms with Crippen molar-refractivity contribution in [1.82, 2.24) is 16.0 Å². The molecule has 1 unspecified atom stereocenters. The van der Waals surface area contributed by atoms with Crippen LogP contribution in [0.1, 0.15) is 34.8 Å². The van der Waals surface area contributed by atoms with Crippen molar-refractivity contribution in [3.63, 3.8) is 0 Å². The van der Waals surface area contributed by atoms with Gasteiger partial charge in [0.25, 0.3) is 5.91 Å². The molecule has 1 atom stereocenters. The van der Waals surface area contributed by atoms with Crippen molar-refractivity contribution in [1.29, 1.82) is 0 Å². The van der Waals surface area contributed by atoms with Crippen LogP contribution in [0.25, 0.3) is 0 Å². The molecule has 2 aromatic carbocycles. The minimum absolute atomic E-state index is 0.0533. The van der Waals surface area contributed by atoms with E-state index in [1.807, 2.05) is 0 Å². The third-order valence-electron chi connectivity index (χ3n) is 4.84. The predicted molar refractivity (Wildman–Crippen MR) is 129 cm³/mol. The number of aromatic hydroxyl groups is 1. The van der Waals surface area contributed by atoms with E-state index in [1.165, 1.54) is 12.1 Å². The molecule has 180 valence electrons. The fourth-order valence-corrected chi connectivity index (χ4v) is 3.77. The molecule has 1 aliphatic heterocycles. The molecule has 1 aliphatic rings. The van der Waals surface area contributed by atoms with Crippen LogP contribution in [-0.4, -0.2) is 53.6 Å². The summed E-state index contributed by atoms with van der Waals surface area (Å²) in [7, 11) is 0. The number of guanidine groups is 1. The summed E-state index contributed by atoms with van der Waals surface area (Å²) in [6.45, 7) is 1.10. The molecular formula is C22H23Cl2N5O5. The molecule has 1 heterocycles. The fraction of sp³-hybridized carbons (Fsp3) is 0.273. The zero-order valence-electron chi connectivity index (χ0n) is 17.9. The number of carboxylic acids is 1. The van der Waals surface area contributed by atoms with Crippen molar-refractivity contribution in [3.05, 3.63) is 57.6 Å². The van der Waals surface area contributed by atoms with Crippen LogP contribution in [0.2, 0.25) is 10.0 Å². The Hall–Kier alpha value is -3.50.